The normalized spacial score (nSPS) is 11.6. The van der Waals surface area contributed by atoms with Crippen LogP contribution in [0.4, 0.5) is 0 Å². The number of carbonyl (C=O) groups is 3. The summed E-state index contributed by atoms with van der Waals surface area (Å²) in [6, 6.07) is 2.41. The number of hydrogen-bond acceptors (Lipinski definition) is 8. The molecule has 0 aliphatic carbocycles. The predicted octanol–water partition coefficient (Wildman–Crippen LogP) is 5.61. The van der Waals surface area contributed by atoms with Gasteiger partial charge in [-0.15, -0.1) is 6.58 Å². The van der Waals surface area contributed by atoms with Crippen LogP contribution in [0.2, 0.25) is 0 Å². The van der Waals surface area contributed by atoms with Crippen molar-refractivity contribution < 1.29 is 34.5 Å². The molecule has 1 unspecified atom stereocenters. The number of carbonyl (C=O) groups excluding carboxylic acids is 3. The number of aldehydes is 1. The van der Waals surface area contributed by atoms with Gasteiger partial charge in [0.15, 0.2) is 6.29 Å². The Hall–Kier alpha value is -3.92. The number of nitrogens with one attached hydrogen (secondary N) is 2. The van der Waals surface area contributed by atoms with E-state index in [-0.39, 0.29) is 41.2 Å². The summed E-state index contributed by atoms with van der Waals surface area (Å²) < 4.78 is 5.83. The van der Waals surface area contributed by atoms with Gasteiger partial charge in [-0.3, -0.25) is 14.4 Å². The third kappa shape index (κ3) is 21.8. The molecular weight excluding hydrogens is 538 g/mol. The second-order valence-corrected chi connectivity index (χ2v) is 8.89. The highest BCUT2D eigenvalue weighted by Crippen LogP contribution is 2.26. The highest BCUT2D eigenvalue weighted by Gasteiger charge is 2.12. The van der Waals surface area contributed by atoms with Gasteiger partial charge in [0.05, 0.1) is 17.4 Å². The molecule has 42 heavy (non-hydrogen) atoms. The minimum Gasteiger partial charge on any atom is -0.508 e. The van der Waals surface area contributed by atoms with Crippen LogP contribution in [0.15, 0.2) is 54.2 Å². The third-order valence-corrected chi connectivity index (χ3v) is 5.46. The Kier molecular flexibility index (Phi) is 27.4. The Morgan fingerprint density at radius 2 is 1.83 bits per heavy atom. The average molecular weight is 590 g/mol. The molecule has 0 spiro atoms. The van der Waals surface area contributed by atoms with Crippen LogP contribution in [0.3, 0.4) is 0 Å². The molecule has 0 aliphatic heterocycles. The van der Waals surface area contributed by atoms with E-state index >= 15 is 0 Å². The van der Waals surface area contributed by atoms with E-state index in [0.717, 1.165) is 25.4 Å². The zero-order chi connectivity index (χ0) is 32.0. The van der Waals surface area contributed by atoms with Gasteiger partial charge < -0.3 is 30.8 Å². The quantitative estimate of drug-likeness (QED) is 0.0330. The lowest BCUT2D eigenvalue weighted by Gasteiger charge is -2.13. The Morgan fingerprint density at radius 1 is 1.10 bits per heavy atom. The zero-order valence-electron chi connectivity index (χ0n) is 25.7. The van der Waals surface area contributed by atoms with Crippen molar-refractivity contribution >= 4 is 24.3 Å². The van der Waals surface area contributed by atoms with E-state index in [1.165, 1.54) is 32.3 Å². The van der Waals surface area contributed by atoms with Crippen molar-refractivity contribution in [1.29, 1.82) is 0 Å². The number of phenols is 2. The summed E-state index contributed by atoms with van der Waals surface area (Å²) >= 11 is 0. The molecule has 0 aliphatic rings. The zero-order valence-corrected chi connectivity index (χ0v) is 25.7. The summed E-state index contributed by atoms with van der Waals surface area (Å²) in [7, 11) is 0. The largest absolute Gasteiger partial charge is 0.508 e. The molecule has 10 heteroatoms. The van der Waals surface area contributed by atoms with Crippen LogP contribution in [0, 0.1) is 0 Å². The summed E-state index contributed by atoms with van der Waals surface area (Å²) in [5.74, 6) is -0.621. The molecule has 1 aromatic carbocycles. The molecule has 5 N–H and O–H groups in total. The molecule has 1 aromatic rings. The summed E-state index contributed by atoms with van der Waals surface area (Å²) in [6.07, 6.45) is 16.8. The molecule has 0 aromatic heterocycles. The number of rotatable bonds is 20. The van der Waals surface area contributed by atoms with Crippen molar-refractivity contribution in [3.05, 3.63) is 60.2 Å². The molecule has 0 saturated heterocycles. The highest BCUT2D eigenvalue weighted by molar-refractivity contribution is 5.97. The fourth-order valence-electron chi connectivity index (χ4n) is 3.44. The molecule has 10 nitrogen and oxygen atoms in total. The molecule has 1 atom stereocenters. The van der Waals surface area contributed by atoms with Crippen molar-refractivity contribution in [3.8, 4) is 11.5 Å². The lowest BCUT2D eigenvalue weighted by atomic mass is 10.0. The Balaban J connectivity index is 0. The first-order valence-electron chi connectivity index (χ1n) is 14.5. The van der Waals surface area contributed by atoms with Gasteiger partial charge in [0.25, 0.3) is 0 Å². The number of allylic oxidation sites excluding steroid dienone is 3. The van der Waals surface area contributed by atoms with Crippen LogP contribution in [0.25, 0.3) is 0 Å². The van der Waals surface area contributed by atoms with Crippen molar-refractivity contribution in [2.24, 2.45) is 5.16 Å². The van der Waals surface area contributed by atoms with E-state index in [1.807, 2.05) is 26.0 Å². The summed E-state index contributed by atoms with van der Waals surface area (Å²) in [5, 5.41) is 37.3. The van der Waals surface area contributed by atoms with Crippen LogP contribution < -0.4 is 10.6 Å². The Morgan fingerprint density at radius 3 is 2.43 bits per heavy atom. The maximum Gasteiger partial charge on any atom is 0.216 e. The van der Waals surface area contributed by atoms with Gasteiger partial charge in [-0.05, 0) is 43.4 Å². The number of ether oxygens (including phenoxy) is 1. The van der Waals surface area contributed by atoms with Gasteiger partial charge >= 0.3 is 0 Å². The average Bonchev–Trinajstić information content (AvgIpc) is 2.97. The van der Waals surface area contributed by atoms with E-state index in [4.69, 9.17) is 4.74 Å². The van der Waals surface area contributed by atoms with E-state index in [9.17, 15) is 29.8 Å². The molecule has 0 fully saturated rings. The lowest BCUT2D eigenvalue weighted by molar-refractivity contribution is -0.119. The van der Waals surface area contributed by atoms with Crippen LogP contribution in [0.5, 0.6) is 11.5 Å². The van der Waals surface area contributed by atoms with E-state index in [1.54, 1.807) is 18.2 Å². The number of unbranched alkanes of at least 4 members (excludes halogenated alkanes) is 3. The van der Waals surface area contributed by atoms with Gasteiger partial charge in [0, 0.05) is 39.1 Å². The summed E-state index contributed by atoms with van der Waals surface area (Å²) in [5.41, 5.74) is 0.606. The van der Waals surface area contributed by atoms with E-state index < -0.39 is 0 Å². The molecule has 0 saturated carbocycles. The van der Waals surface area contributed by atoms with Gasteiger partial charge in [-0.2, -0.15) is 0 Å². The minimum absolute atomic E-state index is 0.0279. The molecule has 0 bridgehead atoms. The van der Waals surface area contributed by atoms with Crippen molar-refractivity contribution in [2.45, 2.75) is 85.2 Å². The van der Waals surface area contributed by atoms with Crippen LogP contribution >= 0.6 is 0 Å². The van der Waals surface area contributed by atoms with Crippen molar-refractivity contribution in [3.63, 3.8) is 0 Å². The van der Waals surface area contributed by atoms with Crippen LogP contribution in [-0.2, 0) is 20.7 Å². The van der Waals surface area contributed by atoms with Gasteiger partial charge in [-0.25, -0.2) is 0 Å². The topological polar surface area (TPSA) is 158 Å². The summed E-state index contributed by atoms with van der Waals surface area (Å²) in [4.78, 5) is 31.8. The number of aromatic hydroxyl groups is 2. The second kappa shape index (κ2) is 28.6. The fraction of sp³-hybridized carbons (Fsp3) is 0.500. The van der Waals surface area contributed by atoms with E-state index in [2.05, 4.69) is 29.3 Å². The number of hydrogen-bond donors (Lipinski definition) is 5. The van der Waals surface area contributed by atoms with Crippen molar-refractivity contribution in [2.75, 3.05) is 19.7 Å². The maximum absolute atomic E-state index is 11.2. The number of oxime groups is 1. The molecule has 236 valence electrons. The van der Waals surface area contributed by atoms with Crippen LogP contribution in [-0.4, -0.2) is 65.5 Å². The Labute approximate surface area is 251 Å². The predicted molar refractivity (Wildman–Crippen MR) is 168 cm³/mol. The first-order chi connectivity index (χ1) is 20.3. The molecule has 0 heterocycles. The smallest absolute Gasteiger partial charge is 0.216 e. The molecule has 2 amide bonds. The standard InChI is InChI=1S/C23H30N2O6.C7H15NO.C2H6/c1-3-4-5-9-21(31-12-7-11-24-17(2)27)10-6-8-19(25-30)13-18-14-20(28)15-23(29)22(18)16-26;1-2-3-4-5-6-8-7-9;1-2/h3,5-6,8-9,14-16,21,28-30H,1,4,7,10-13H2,2H3,(H,24,27);7H,2-6H2,1H3,(H,8,9);1-2H3/b8-6+,9-5+,25-19-;;. The highest BCUT2D eigenvalue weighted by atomic mass is 16.5. The SMILES string of the molecule is C=CC/C=C/C(C/C=C/C(Cc1cc(O)cc(O)c1C=O)=N/O)OCCCNC(C)=O.CC.CCCCCCNC=O. The lowest BCUT2D eigenvalue weighted by Crippen LogP contribution is -2.22. The first kappa shape index (κ1) is 40.2. The minimum atomic E-state index is -0.341. The third-order valence-electron chi connectivity index (χ3n) is 5.46. The molecule has 0 radical (unpaired) electrons. The van der Waals surface area contributed by atoms with Gasteiger partial charge in [0.2, 0.25) is 12.3 Å². The first-order valence-corrected chi connectivity index (χ1v) is 14.5. The van der Waals surface area contributed by atoms with Crippen LogP contribution in [0.1, 0.15) is 88.6 Å². The fourth-order valence-corrected chi connectivity index (χ4v) is 3.44. The van der Waals surface area contributed by atoms with Gasteiger partial charge in [0.1, 0.15) is 11.5 Å². The second-order valence-electron chi connectivity index (χ2n) is 8.89. The summed E-state index contributed by atoms with van der Waals surface area (Å²) in [6.45, 7) is 13.1. The monoisotopic (exact) mass is 589 g/mol. The number of phenolic OH excluding ortho intramolecular Hbond substituents is 2. The van der Waals surface area contributed by atoms with E-state index in [0.29, 0.717) is 44.3 Å². The Bertz CT molecular complexity index is 975. The van der Waals surface area contributed by atoms with Gasteiger partial charge in [-0.1, -0.05) is 69.5 Å². The number of nitrogens with zero attached hydrogens (tertiary/aromatic N) is 1. The van der Waals surface area contributed by atoms with Crippen molar-refractivity contribution in [1.82, 2.24) is 10.6 Å². The number of amides is 2. The molecule has 1 rings (SSSR count). The number of benzene rings is 1. The molecular formula is C32H51N3O7. The maximum atomic E-state index is 11.2.